The molecule has 0 fully saturated rings. The first-order valence-electron chi connectivity index (χ1n) is 2.11. The molecule has 8 heavy (non-hydrogen) atoms. The molecule has 0 aromatic heterocycles. The summed E-state index contributed by atoms with van der Waals surface area (Å²) in [6.07, 6.45) is 1.75. The van der Waals surface area contributed by atoms with Gasteiger partial charge in [-0.3, -0.25) is 0 Å². The quantitative estimate of drug-likeness (QED) is 0.444. The minimum atomic E-state index is 1.22. The Bertz CT molecular complexity index is 33.7. The molecule has 0 bridgehead atoms. The standard InChI is InChI=1S/C3H6.C2H3Cl.C2H4/c1-3-2;1-2-3;1-2/h3H,1H2,2H3;2H,1H2;1-2H2. The minimum absolute atomic E-state index is 1.22. The third-order valence-electron chi connectivity index (χ3n) is 0. The van der Waals surface area contributed by atoms with E-state index in [2.05, 4.69) is 26.3 Å². The Balaban J connectivity index is -0.0000000483. The average Bonchev–Trinajstić information content (AvgIpc) is 1.75. The van der Waals surface area contributed by atoms with Gasteiger partial charge in [0.2, 0.25) is 0 Å². The van der Waals surface area contributed by atoms with Gasteiger partial charge < -0.3 is 0 Å². The maximum Gasteiger partial charge on any atom is -0.00296 e. The van der Waals surface area contributed by atoms with E-state index < -0.39 is 0 Å². The Morgan fingerprint density at radius 1 is 1.25 bits per heavy atom. The molecule has 0 unspecified atom stereocenters. The van der Waals surface area contributed by atoms with E-state index in [1.165, 1.54) is 5.54 Å². The highest BCUT2D eigenvalue weighted by Crippen LogP contribution is 1.60. The van der Waals surface area contributed by atoms with Gasteiger partial charge in [0.1, 0.15) is 0 Å². The van der Waals surface area contributed by atoms with Crippen molar-refractivity contribution < 1.29 is 0 Å². The van der Waals surface area contributed by atoms with Crippen molar-refractivity contribution in [1.82, 2.24) is 0 Å². The number of hydrogen-bond acceptors (Lipinski definition) is 0. The fourth-order valence-corrected chi connectivity index (χ4v) is 0. The maximum absolute atomic E-state index is 4.76. The Labute approximate surface area is 57.2 Å². The molecule has 0 aromatic carbocycles. The first-order chi connectivity index (χ1) is 3.83. The molecule has 0 nitrogen and oxygen atoms in total. The summed E-state index contributed by atoms with van der Waals surface area (Å²) < 4.78 is 0. The molecular weight excluding hydrogens is 120 g/mol. The van der Waals surface area contributed by atoms with Crippen LogP contribution in [0.25, 0.3) is 0 Å². The van der Waals surface area contributed by atoms with Crippen LogP contribution >= 0.6 is 11.6 Å². The first-order valence-corrected chi connectivity index (χ1v) is 2.55. The predicted octanol–water partition coefficient (Wildman–Crippen LogP) is 3.36. The second-order valence-corrected chi connectivity index (χ2v) is 0.871. The van der Waals surface area contributed by atoms with Crippen molar-refractivity contribution in [2.75, 3.05) is 0 Å². The van der Waals surface area contributed by atoms with Crippen LogP contribution < -0.4 is 0 Å². The summed E-state index contributed by atoms with van der Waals surface area (Å²) in [6, 6.07) is 0. The van der Waals surface area contributed by atoms with Gasteiger partial charge in [-0.05, 0) is 12.5 Å². The number of rotatable bonds is 0. The van der Waals surface area contributed by atoms with Gasteiger partial charge >= 0.3 is 0 Å². The van der Waals surface area contributed by atoms with Crippen LogP contribution in [0, 0.1) is 0 Å². The van der Waals surface area contributed by atoms with Crippen molar-refractivity contribution in [3.63, 3.8) is 0 Å². The Hall–Kier alpha value is -0.490. The second kappa shape index (κ2) is 86.7. The van der Waals surface area contributed by atoms with Crippen LogP contribution in [0.5, 0.6) is 0 Å². The van der Waals surface area contributed by atoms with Crippen LogP contribution in [0.3, 0.4) is 0 Å². The van der Waals surface area contributed by atoms with E-state index in [0.29, 0.717) is 0 Å². The Morgan fingerprint density at radius 3 is 1.25 bits per heavy atom. The molecule has 0 N–H and O–H groups in total. The van der Waals surface area contributed by atoms with Gasteiger partial charge in [-0.25, -0.2) is 0 Å². The lowest BCUT2D eigenvalue weighted by Crippen LogP contribution is -1.07. The van der Waals surface area contributed by atoms with E-state index in [1.807, 2.05) is 6.92 Å². The number of halogens is 1. The summed E-state index contributed by atoms with van der Waals surface area (Å²) in [5.41, 5.74) is 1.22. The molecule has 0 saturated heterocycles. The lowest BCUT2D eigenvalue weighted by Gasteiger charge is -1.31. The maximum atomic E-state index is 4.76. The van der Waals surface area contributed by atoms with Gasteiger partial charge in [0, 0.05) is 0 Å². The smallest absolute Gasteiger partial charge is 0.00296 e. The molecule has 0 aliphatic rings. The van der Waals surface area contributed by atoms with E-state index >= 15 is 0 Å². The predicted molar refractivity (Wildman–Crippen MR) is 43.2 cm³/mol. The zero-order valence-corrected chi connectivity index (χ0v) is 6.12. The van der Waals surface area contributed by atoms with Gasteiger partial charge in [-0.15, -0.1) is 19.7 Å². The molecule has 0 aliphatic heterocycles. The van der Waals surface area contributed by atoms with Crippen LogP contribution in [0.2, 0.25) is 0 Å². The van der Waals surface area contributed by atoms with Crippen molar-refractivity contribution in [2.24, 2.45) is 0 Å². The van der Waals surface area contributed by atoms with Crippen LogP contribution in [0.4, 0.5) is 0 Å². The molecule has 0 aromatic rings. The molecule has 48 valence electrons. The molecule has 0 radical (unpaired) electrons. The first kappa shape index (κ1) is 15.6. The Morgan fingerprint density at radius 2 is 1.25 bits per heavy atom. The van der Waals surface area contributed by atoms with Crippen molar-refractivity contribution >= 4 is 11.6 Å². The van der Waals surface area contributed by atoms with Gasteiger partial charge in [-0.2, -0.15) is 0 Å². The average molecular weight is 133 g/mol. The summed E-state index contributed by atoms with van der Waals surface area (Å²) in [7, 11) is 0. The summed E-state index contributed by atoms with van der Waals surface area (Å²) in [5, 5.41) is 0. The van der Waals surface area contributed by atoms with E-state index in [9.17, 15) is 0 Å². The van der Waals surface area contributed by atoms with E-state index in [1.54, 1.807) is 6.08 Å². The molecule has 1 heteroatoms. The zero-order chi connectivity index (χ0) is 7.41. The molecule has 0 aliphatic carbocycles. The molecule has 0 rings (SSSR count). The van der Waals surface area contributed by atoms with E-state index in [4.69, 9.17) is 11.6 Å². The van der Waals surface area contributed by atoms with Crippen LogP contribution in [0.1, 0.15) is 6.92 Å². The fraction of sp³-hybridized carbons (Fsp3) is 0.143. The minimum Gasteiger partial charge on any atom is -0.106 e. The molecule has 0 heterocycles. The SMILES string of the molecule is C=C.C=CC.C=CCl. The largest absolute Gasteiger partial charge is 0.106 e. The summed E-state index contributed by atoms with van der Waals surface area (Å²) >= 11 is 4.76. The number of allylic oxidation sites excluding steroid dienone is 1. The topological polar surface area (TPSA) is 0 Å². The van der Waals surface area contributed by atoms with Gasteiger partial charge in [0.25, 0.3) is 0 Å². The molecular formula is C7H13Cl. The van der Waals surface area contributed by atoms with Crippen LogP contribution in [-0.4, -0.2) is 0 Å². The lowest BCUT2D eigenvalue weighted by molar-refractivity contribution is 1.80. The van der Waals surface area contributed by atoms with Crippen LogP contribution in [0.15, 0.2) is 37.9 Å². The molecule has 0 saturated carbocycles. The highest BCUT2D eigenvalue weighted by molar-refractivity contribution is 6.25. The van der Waals surface area contributed by atoms with Crippen molar-refractivity contribution in [1.29, 1.82) is 0 Å². The van der Waals surface area contributed by atoms with Crippen molar-refractivity contribution in [2.45, 2.75) is 6.92 Å². The monoisotopic (exact) mass is 132 g/mol. The van der Waals surface area contributed by atoms with Gasteiger partial charge in [0.15, 0.2) is 0 Å². The molecule has 0 spiro atoms. The highest BCUT2D eigenvalue weighted by Gasteiger charge is 1.18. The number of hydrogen-bond donors (Lipinski definition) is 0. The normalized spacial score (nSPS) is 3.75. The lowest BCUT2D eigenvalue weighted by atomic mass is 10.8. The van der Waals surface area contributed by atoms with Gasteiger partial charge in [-0.1, -0.05) is 24.3 Å². The van der Waals surface area contributed by atoms with Gasteiger partial charge in [0.05, 0.1) is 0 Å². The van der Waals surface area contributed by atoms with Crippen molar-refractivity contribution in [3.8, 4) is 0 Å². The summed E-state index contributed by atoms with van der Waals surface area (Å²) in [5.74, 6) is 0. The summed E-state index contributed by atoms with van der Waals surface area (Å²) in [4.78, 5) is 0. The molecule has 0 atom stereocenters. The van der Waals surface area contributed by atoms with E-state index in [0.717, 1.165) is 0 Å². The fourth-order valence-electron chi connectivity index (χ4n) is 0. The third-order valence-corrected chi connectivity index (χ3v) is 0. The second-order valence-electron chi connectivity index (χ2n) is 0.563. The molecule has 0 amide bonds. The van der Waals surface area contributed by atoms with Crippen molar-refractivity contribution in [3.05, 3.63) is 37.9 Å². The zero-order valence-electron chi connectivity index (χ0n) is 5.36. The summed E-state index contributed by atoms with van der Waals surface area (Å²) in [6.45, 7) is 14.4. The highest BCUT2D eigenvalue weighted by atomic mass is 35.5. The van der Waals surface area contributed by atoms with Crippen LogP contribution in [-0.2, 0) is 0 Å². The Kier molecular flexibility index (Phi) is 170. The van der Waals surface area contributed by atoms with E-state index in [-0.39, 0.29) is 0 Å². The third kappa shape index (κ3) is 467.